The van der Waals surface area contributed by atoms with E-state index in [1.807, 2.05) is 32.9 Å². The molecular formula is C21H24Cl2N4O2S. The predicted molar refractivity (Wildman–Crippen MR) is 123 cm³/mol. The average Bonchev–Trinajstić information content (AvgIpc) is 3.29. The average molecular weight is 467 g/mol. The topological polar surface area (TPSA) is 76.0 Å². The van der Waals surface area contributed by atoms with Crippen LogP contribution in [0.15, 0.2) is 24.3 Å². The number of nitrogens with zero attached hydrogens (tertiary/aromatic N) is 2. The molecule has 0 aliphatic rings. The largest absolute Gasteiger partial charge is 0.356 e. The molecule has 0 aliphatic heterocycles. The second-order valence-electron chi connectivity index (χ2n) is 7.20. The van der Waals surface area contributed by atoms with Gasteiger partial charge < -0.3 is 10.6 Å². The van der Waals surface area contributed by atoms with Gasteiger partial charge in [-0.15, -0.1) is 11.3 Å². The van der Waals surface area contributed by atoms with Crippen LogP contribution in [-0.4, -0.2) is 34.7 Å². The first-order valence-electron chi connectivity index (χ1n) is 9.84. The monoisotopic (exact) mass is 466 g/mol. The molecule has 0 atom stereocenters. The number of aryl methyl sites for hydroxylation is 1. The molecule has 160 valence electrons. The third-order valence-corrected chi connectivity index (χ3v) is 6.45. The van der Waals surface area contributed by atoms with E-state index in [1.54, 1.807) is 16.8 Å². The van der Waals surface area contributed by atoms with Crippen molar-refractivity contribution in [2.24, 2.45) is 5.92 Å². The van der Waals surface area contributed by atoms with Crippen molar-refractivity contribution in [3.63, 3.8) is 0 Å². The van der Waals surface area contributed by atoms with E-state index >= 15 is 0 Å². The summed E-state index contributed by atoms with van der Waals surface area (Å²) in [5, 5.41) is 12.3. The number of thiophene rings is 1. The van der Waals surface area contributed by atoms with Crippen LogP contribution < -0.4 is 10.6 Å². The molecule has 0 saturated carbocycles. The number of hydrogen-bond donors (Lipinski definition) is 2. The molecule has 0 bridgehead atoms. The van der Waals surface area contributed by atoms with Crippen molar-refractivity contribution in [3.05, 3.63) is 44.9 Å². The first kappa shape index (κ1) is 22.6. The van der Waals surface area contributed by atoms with Gasteiger partial charge in [0.1, 0.15) is 4.83 Å². The number of benzene rings is 1. The van der Waals surface area contributed by atoms with Crippen LogP contribution in [0.3, 0.4) is 0 Å². The maximum absolute atomic E-state index is 12.6. The first-order chi connectivity index (χ1) is 14.3. The summed E-state index contributed by atoms with van der Waals surface area (Å²) in [7, 11) is 0. The Hall–Kier alpha value is -2.09. The molecule has 2 amide bonds. The molecule has 0 fully saturated rings. The quantitative estimate of drug-likeness (QED) is 0.465. The molecule has 9 heteroatoms. The van der Waals surface area contributed by atoms with Crippen molar-refractivity contribution in [2.75, 3.05) is 13.1 Å². The molecule has 3 aromatic rings. The molecule has 2 aromatic heterocycles. The Morgan fingerprint density at radius 3 is 2.53 bits per heavy atom. The zero-order valence-corrected chi connectivity index (χ0v) is 19.4. The molecule has 2 N–H and O–H groups in total. The maximum atomic E-state index is 12.6. The Labute approximate surface area is 189 Å². The molecule has 0 unspecified atom stereocenters. The fraction of sp³-hybridized carbons (Fsp3) is 0.381. The highest BCUT2D eigenvalue weighted by molar-refractivity contribution is 7.20. The van der Waals surface area contributed by atoms with Crippen molar-refractivity contribution in [1.82, 2.24) is 20.4 Å². The van der Waals surface area contributed by atoms with E-state index in [4.69, 9.17) is 23.2 Å². The number of hydrogen-bond acceptors (Lipinski definition) is 4. The highest BCUT2D eigenvalue weighted by atomic mass is 35.5. The standard InChI is InChI=1S/C21H24Cl2N4O2S/c1-4-17-14-11-18(20(29)25-9-5-8-24-19(28)12(2)3)30-21(14)27(26-17)13-6-7-15(22)16(23)10-13/h6-7,10-12H,4-5,8-9H2,1-3H3,(H,24,28)(H,25,29). The van der Waals surface area contributed by atoms with Gasteiger partial charge in [-0.05, 0) is 37.1 Å². The van der Waals surface area contributed by atoms with Gasteiger partial charge in [-0.25, -0.2) is 4.68 Å². The van der Waals surface area contributed by atoms with Crippen LogP contribution in [0.25, 0.3) is 15.9 Å². The predicted octanol–water partition coefficient (Wildman–Crippen LogP) is 4.85. The van der Waals surface area contributed by atoms with Crippen LogP contribution in [0.2, 0.25) is 10.0 Å². The number of nitrogens with one attached hydrogen (secondary N) is 2. The maximum Gasteiger partial charge on any atom is 0.261 e. The van der Waals surface area contributed by atoms with Crippen LogP contribution in [-0.2, 0) is 11.2 Å². The molecule has 0 saturated heterocycles. The lowest BCUT2D eigenvalue weighted by Crippen LogP contribution is -2.31. The molecule has 3 rings (SSSR count). The van der Waals surface area contributed by atoms with Gasteiger partial charge in [0.25, 0.3) is 5.91 Å². The van der Waals surface area contributed by atoms with E-state index in [0.29, 0.717) is 34.4 Å². The lowest BCUT2D eigenvalue weighted by atomic mass is 10.2. The van der Waals surface area contributed by atoms with Gasteiger partial charge in [0.15, 0.2) is 0 Å². The van der Waals surface area contributed by atoms with Crippen molar-refractivity contribution in [1.29, 1.82) is 0 Å². The number of rotatable bonds is 8. The van der Waals surface area contributed by atoms with Crippen molar-refractivity contribution in [2.45, 2.75) is 33.6 Å². The van der Waals surface area contributed by atoms with Crippen molar-refractivity contribution < 1.29 is 9.59 Å². The molecule has 6 nitrogen and oxygen atoms in total. The van der Waals surface area contributed by atoms with Crippen molar-refractivity contribution >= 4 is 56.6 Å². The summed E-state index contributed by atoms with van der Waals surface area (Å²) in [4.78, 5) is 25.7. The Balaban J connectivity index is 1.73. The minimum absolute atomic E-state index is 0.0183. The van der Waals surface area contributed by atoms with E-state index in [1.165, 1.54) is 11.3 Å². The summed E-state index contributed by atoms with van der Waals surface area (Å²) in [6, 6.07) is 7.24. The van der Waals surface area contributed by atoms with Gasteiger partial charge in [-0.2, -0.15) is 5.10 Å². The minimum Gasteiger partial charge on any atom is -0.356 e. The van der Waals surface area contributed by atoms with Gasteiger partial charge in [0, 0.05) is 24.4 Å². The second-order valence-corrected chi connectivity index (χ2v) is 9.04. The fourth-order valence-electron chi connectivity index (χ4n) is 2.92. The lowest BCUT2D eigenvalue weighted by Gasteiger charge is -2.08. The number of fused-ring (bicyclic) bond motifs is 1. The summed E-state index contributed by atoms with van der Waals surface area (Å²) in [6.45, 7) is 6.76. The molecule has 0 aliphatic carbocycles. The van der Waals surface area contributed by atoms with Crippen LogP contribution >= 0.6 is 34.5 Å². The van der Waals surface area contributed by atoms with Gasteiger partial charge >= 0.3 is 0 Å². The number of halogens is 2. The minimum atomic E-state index is -0.130. The zero-order valence-electron chi connectivity index (χ0n) is 17.1. The van der Waals surface area contributed by atoms with E-state index in [-0.39, 0.29) is 17.7 Å². The Bertz CT molecular complexity index is 1070. The molecule has 0 radical (unpaired) electrons. The number of carbonyl (C=O) groups excluding carboxylic acids is 2. The van der Waals surface area contributed by atoms with Crippen LogP contribution in [0, 0.1) is 5.92 Å². The smallest absolute Gasteiger partial charge is 0.261 e. The number of amides is 2. The first-order valence-corrected chi connectivity index (χ1v) is 11.4. The molecule has 0 spiro atoms. The van der Waals surface area contributed by atoms with Crippen LogP contribution in [0.5, 0.6) is 0 Å². The van der Waals surface area contributed by atoms with E-state index < -0.39 is 0 Å². The van der Waals surface area contributed by atoms with Gasteiger partial charge in [0.05, 0.1) is 26.3 Å². The van der Waals surface area contributed by atoms with E-state index in [2.05, 4.69) is 15.7 Å². The summed E-state index contributed by atoms with van der Waals surface area (Å²) in [6.07, 6.45) is 1.42. The Kier molecular flexibility index (Phi) is 7.39. The molecule has 2 heterocycles. The van der Waals surface area contributed by atoms with Gasteiger partial charge in [-0.3, -0.25) is 9.59 Å². The number of carbonyl (C=O) groups is 2. The molecule has 1 aromatic carbocycles. The molecular weight excluding hydrogens is 443 g/mol. The van der Waals surface area contributed by atoms with Crippen LogP contribution in [0.4, 0.5) is 0 Å². The third-order valence-electron chi connectivity index (χ3n) is 4.61. The van der Waals surface area contributed by atoms with Crippen LogP contribution in [0.1, 0.15) is 42.6 Å². The van der Waals surface area contributed by atoms with Gasteiger partial charge in [-0.1, -0.05) is 44.0 Å². The summed E-state index contributed by atoms with van der Waals surface area (Å²) in [5.74, 6) is -0.153. The summed E-state index contributed by atoms with van der Waals surface area (Å²) in [5.41, 5.74) is 1.71. The van der Waals surface area contributed by atoms with E-state index in [0.717, 1.165) is 28.0 Å². The molecule has 30 heavy (non-hydrogen) atoms. The van der Waals surface area contributed by atoms with E-state index in [9.17, 15) is 9.59 Å². The van der Waals surface area contributed by atoms with Gasteiger partial charge in [0.2, 0.25) is 5.91 Å². The highest BCUT2D eigenvalue weighted by Crippen LogP contribution is 2.32. The fourth-order valence-corrected chi connectivity index (χ4v) is 4.29. The zero-order chi connectivity index (χ0) is 21.8. The van der Waals surface area contributed by atoms with Crippen molar-refractivity contribution in [3.8, 4) is 5.69 Å². The second kappa shape index (κ2) is 9.81. The Morgan fingerprint density at radius 1 is 1.13 bits per heavy atom. The summed E-state index contributed by atoms with van der Waals surface area (Å²) >= 11 is 13.6. The lowest BCUT2D eigenvalue weighted by molar-refractivity contribution is -0.123. The highest BCUT2D eigenvalue weighted by Gasteiger charge is 2.18. The normalized spacial score (nSPS) is 11.3. The Morgan fingerprint density at radius 2 is 1.87 bits per heavy atom. The number of aromatic nitrogens is 2. The SMILES string of the molecule is CCc1nn(-c2ccc(Cl)c(Cl)c2)c2sc(C(=O)NCCCNC(=O)C(C)C)cc12. The summed E-state index contributed by atoms with van der Waals surface area (Å²) < 4.78 is 1.80. The third kappa shape index (κ3) is 4.96.